The number of ether oxygens (including phenoxy) is 2. The molecule has 4 rings (SSSR count). The monoisotopic (exact) mass is 459 g/mol. The molecule has 0 aromatic heterocycles. The van der Waals surface area contributed by atoms with Gasteiger partial charge in [-0.1, -0.05) is 12.1 Å². The number of nitrogens with one attached hydrogen (secondary N) is 1. The van der Waals surface area contributed by atoms with E-state index in [1.807, 2.05) is 13.8 Å². The Labute approximate surface area is 187 Å². The topological polar surface area (TPSA) is 105 Å². The zero-order chi connectivity index (χ0) is 22.9. The number of para-hydroxylation sites is 2. The molecule has 0 aliphatic carbocycles. The summed E-state index contributed by atoms with van der Waals surface area (Å²) in [6, 6.07) is 13.0. The third kappa shape index (κ3) is 4.62. The zero-order valence-corrected chi connectivity index (χ0v) is 18.7. The number of hydrogen-bond donors (Lipinski definition) is 1. The first-order valence-corrected chi connectivity index (χ1v) is 11.8. The predicted molar refractivity (Wildman–Crippen MR) is 118 cm³/mol. The van der Waals surface area contributed by atoms with Crippen molar-refractivity contribution >= 4 is 33.2 Å². The van der Waals surface area contributed by atoms with Crippen molar-refractivity contribution in [1.29, 1.82) is 0 Å². The SMILES string of the molecule is C[C@@H]1CN(S(=O)(=O)c2ccc(NC(=O)CN3C(=O)COc4ccccc43)cc2)C[C@@H](C)O1. The molecule has 1 fully saturated rings. The maximum absolute atomic E-state index is 13.0. The van der Waals surface area contributed by atoms with Crippen LogP contribution in [-0.2, 0) is 24.3 Å². The molecule has 0 unspecified atom stereocenters. The van der Waals surface area contributed by atoms with Crippen LogP contribution in [0.2, 0.25) is 0 Å². The lowest BCUT2D eigenvalue weighted by atomic mass is 10.2. The normalized spacial score (nSPS) is 21.6. The molecule has 2 aromatic rings. The second kappa shape index (κ2) is 8.89. The van der Waals surface area contributed by atoms with Gasteiger partial charge in [0.2, 0.25) is 15.9 Å². The van der Waals surface area contributed by atoms with Crippen LogP contribution in [0.1, 0.15) is 13.8 Å². The third-order valence-corrected chi connectivity index (χ3v) is 7.12. The van der Waals surface area contributed by atoms with E-state index in [2.05, 4.69) is 5.32 Å². The molecule has 2 atom stereocenters. The summed E-state index contributed by atoms with van der Waals surface area (Å²) in [5.74, 6) is -0.169. The van der Waals surface area contributed by atoms with Gasteiger partial charge in [0.25, 0.3) is 5.91 Å². The first kappa shape index (κ1) is 22.3. The highest BCUT2D eigenvalue weighted by Crippen LogP contribution is 2.31. The van der Waals surface area contributed by atoms with E-state index in [0.29, 0.717) is 30.2 Å². The van der Waals surface area contributed by atoms with Crippen molar-refractivity contribution in [3.8, 4) is 5.75 Å². The molecule has 2 aliphatic heterocycles. The zero-order valence-electron chi connectivity index (χ0n) is 17.9. The Kier molecular flexibility index (Phi) is 6.18. The molecule has 0 saturated carbocycles. The molecule has 0 spiro atoms. The van der Waals surface area contributed by atoms with Gasteiger partial charge in [-0.05, 0) is 50.2 Å². The van der Waals surface area contributed by atoms with Crippen molar-refractivity contribution in [2.75, 3.05) is 36.5 Å². The van der Waals surface area contributed by atoms with Crippen LogP contribution in [0, 0.1) is 0 Å². The Morgan fingerprint density at radius 1 is 1.06 bits per heavy atom. The van der Waals surface area contributed by atoms with E-state index in [1.165, 1.54) is 33.5 Å². The standard InChI is InChI=1S/C22H25N3O6S/c1-15-11-24(12-16(2)31-15)32(28,29)18-9-7-17(8-10-18)23-21(26)13-25-19-5-3-4-6-20(19)30-14-22(25)27/h3-10,15-16H,11-14H2,1-2H3,(H,23,26)/t15-,16-/m1/s1. The van der Waals surface area contributed by atoms with Crippen LogP contribution in [0.25, 0.3) is 0 Å². The summed E-state index contributed by atoms with van der Waals surface area (Å²) < 4.78 is 38.3. The number of morpholine rings is 1. The molecule has 32 heavy (non-hydrogen) atoms. The van der Waals surface area contributed by atoms with Gasteiger partial charge in [0.05, 0.1) is 22.8 Å². The van der Waals surface area contributed by atoms with Gasteiger partial charge in [-0.2, -0.15) is 4.31 Å². The largest absolute Gasteiger partial charge is 0.482 e. The van der Waals surface area contributed by atoms with Crippen LogP contribution in [0.5, 0.6) is 5.75 Å². The number of hydrogen-bond acceptors (Lipinski definition) is 6. The molecule has 2 aliphatic rings. The Balaban J connectivity index is 1.43. The van der Waals surface area contributed by atoms with Crippen molar-refractivity contribution in [1.82, 2.24) is 4.31 Å². The number of amides is 2. The fourth-order valence-electron chi connectivity index (χ4n) is 3.86. The van der Waals surface area contributed by atoms with Crippen molar-refractivity contribution in [3.05, 3.63) is 48.5 Å². The lowest BCUT2D eigenvalue weighted by Gasteiger charge is -2.34. The van der Waals surface area contributed by atoms with Crippen molar-refractivity contribution < 1.29 is 27.5 Å². The number of nitrogens with zero attached hydrogens (tertiary/aromatic N) is 2. The van der Waals surface area contributed by atoms with Crippen LogP contribution in [0.4, 0.5) is 11.4 Å². The first-order valence-electron chi connectivity index (χ1n) is 10.3. The van der Waals surface area contributed by atoms with Crippen LogP contribution in [0.3, 0.4) is 0 Å². The third-order valence-electron chi connectivity index (χ3n) is 5.27. The van der Waals surface area contributed by atoms with E-state index in [-0.39, 0.29) is 36.2 Å². The molecule has 170 valence electrons. The van der Waals surface area contributed by atoms with Gasteiger partial charge < -0.3 is 14.8 Å². The highest BCUT2D eigenvalue weighted by Gasteiger charge is 2.32. The van der Waals surface area contributed by atoms with Crippen LogP contribution < -0.4 is 15.0 Å². The number of carbonyl (C=O) groups is 2. The molecule has 1 saturated heterocycles. The van der Waals surface area contributed by atoms with Gasteiger partial charge >= 0.3 is 0 Å². The minimum atomic E-state index is -3.66. The number of fused-ring (bicyclic) bond motifs is 1. The number of anilines is 2. The van der Waals surface area contributed by atoms with Gasteiger partial charge in [0, 0.05) is 18.8 Å². The van der Waals surface area contributed by atoms with Gasteiger partial charge in [0.15, 0.2) is 6.61 Å². The summed E-state index contributed by atoms with van der Waals surface area (Å²) in [6.45, 7) is 3.96. The van der Waals surface area contributed by atoms with Crippen LogP contribution in [0.15, 0.2) is 53.4 Å². The minimum absolute atomic E-state index is 0.129. The van der Waals surface area contributed by atoms with Crippen LogP contribution in [-0.4, -0.2) is 63.0 Å². The van der Waals surface area contributed by atoms with Crippen molar-refractivity contribution in [2.24, 2.45) is 0 Å². The lowest BCUT2D eigenvalue weighted by molar-refractivity contribution is -0.123. The van der Waals surface area contributed by atoms with Gasteiger partial charge in [0.1, 0.15) is 12.3 Å². The van der Waals surface area contributed by atoms with E-state index < -0.39 is 15.9 Å². The fourth-order valence-corrected chi connectivity index (χ4v) is 5.45. The van der Waals surface area contributed by atoms with Crippen molar-refractivity contribution in [2.45, 2.75) is 31.0 Å². The highest BCUT2D eigenvalue weighted by molar-refractivity contribution is 7.89. The second-order valence-corrected chi connectivity index (χ2v) is 9.83. The average molecular weight is 460 g/mol. The molecule has 10 heteroatoms. The summed E-state index contributed by atoms with van der Waals surface area (Å²) in [6.07, 6.45) is -0.361. The van der Waals surface area contributed by atoms with E-state index >= 15 is 0 Å². The summed E-state index contributed by atoms with van der Waals surface area (Å²) in [5, 5.41) is 2.71. The van der Waals surface area contributed by atoms with E-state index in [1.54, 1.807) is 24.3 Å². The van der Waals surface area contributed by atoms with Gasteiger partial charge in [-0.3, -0.25) is 14.5 Å². The Morgan fingerprint density at radius 2 is 1.72 bits per heavy atom. The van der Waals surface area contributed by atoms with E-state index in [4.69, 9.17) is 9.47 Å². The maximum Gasteiger partial charge on any atom is 0.265 e. The molecule has 9 nitrogen and oxygen atoms in total. The first-order chi connectivity index (χ1) is 15.2. The molecular formula is C22H25N3O6S. The predicted octanol–water partition coefficient (Wildman–Crippen LogP) is 1.85. The molecule has 2 heterocycles. The number of sulfonamides is 1. The summed E-state index contributed by atoms with van der Waals surface area (Å²) in [4.78, 5) is 26.3. The van der Waals surface area contributed by atoms with E-state index in [0.717, 1.165) is 0 Å². The van der Waals surface area contributed by atoms with Gasteiger partial charge in [-0.25, -0.2) is 8.42 Å². The molecule has 0 radical (unpaired) electrons. The second-order valence-electron chi connectivity index (χ2n) is 7.89. The van der Waals surface area contributed by atoms with Gasteiger partial charge in [-0.15, -0.1) is 0 Å². The Bertz CT molecular complexity index is 1110. The number of rotatable bonds is 5. The molecule has 2 amide bonds. The van der Waals surface area contributed by atoms with Crippen molar-refractivity contribution in [3.63, 3.8) is 0 Å². The summed E-state index contributed by atoms with van der Waals surface area (Å²) in [5.41, 5.74) is 0.973. The quantitative estimate of drug-likeness (QED) is 0.732. The van der Waals surface area contributed by atoms with E-state index in [9.17, 15) is 18.0 Å². The fraction of sp³-hybridized carbons (Fsp3) is 0.364. The Hall–Kier alpha value is -2.95. The number of carbonyl (C=O) groups excluding carboxylic acids is 2. The number of benzene rings is 2. The maximum atomic E-state index is 13.0. The minimum Gasteiger partial charge on any atom is -0.482 e. The summed E-state index contributed by atoms with van der Waals surface area (Å²) >= 11 is 0. The highest BCUT2D eigenvalue weighted by atomic mass is 32.2. The molecule has 1 N–H and O–H groups in total. The average Bonchev–Trinajstić information content (AvgIpc) is 2.75. The summed E-state index contributed by atoms with van der Waals surface area (Å²) in [7, 11) is -3.66. The molecular weight excluding hydrogens is 434 g/mol. The molecule has 0 bridgehead atoms. The van der Waals surface area contributed by atoms with Crippen LogP contribution >= 0.6 is 0 Å². The smallest absolute Gasteiger partial charge is 0.265 e. The molecule has 2 aromatic carbocycles. The lowest BCUT2D eigenvalue weighted by Crippen LogP contribution is -2.48. The Morgan fingerprint density at radius 3 is 2.41 bits per heavy atom.